The highest BCUT2D eigenvalue weighted by molar-refractivity contribution is 5.60. The lowest BCUT2D eigenvalue weighted by atomic mass is 10.1. The van der Waals surface area contributed by atoms with Gasteiger partial charge in [0.1, 0.15) is 12.3 Å². The molecule has 0 amide bonds. The Morgan fingerprint density at radius 1 is 1.10 bits per heavy atom. The first-order chi connectivity index (χ1) is 14.0. The summed E-state index contributed by atoms with van der Waals surface area (Å²) in [6.07, 6.45) is -0.923. The fourth-order valence-electron chi connectivity index (χ4n) is 3.45. The molecule has 1 aromatic heterocycles. The number of nitrogens with zero attached hydrogens (tertiary/aromatic N) is 3. The van der Waals surface area contributed by atoms with Gasteiger partial charge >= 0.3 is 6.18 Å². The highest BCUT2D eigenvalue weighted by Crippen LogP contribution is 2.31. The number of carbonyl (C=O) groups is 1. The average Bonchev–Trinajstić information content (AvgIpc) is 2.74. The summed E-state index contributed by atoms with van der Waals surface area (Å²) in [7, 11) is 0. The molecule has 156 valence electrons. The molecule has 0 radical (unpaired) electrons. The molecule has 1 fully saturated rings. The number of anilines is 1. The van der Waals surface area contributed by atoms with Crippen molar-refractivity contribution in [1.29, 1.82) is 0 Å². The highest BCUT2D eigenvalue weighted by Gasteiger charge is 2.31. The molecular weight excluding hydrogens is 381 g/mol. The summed E-state index contributed by atoms with van der Waals surface area (Å²) < 4.78 is 38.7. The molecule has 29 heavy (non-hydrogen) atoms. The third kappa shape index (κ3) is 6.01. The highest BCUT2D eigenvalue weighted by atomic mass is 19.4. The van der Waals surface area contributed by atoms with Gasteiger partial charge < -0.3 is 15.0 Å². The number of halogens is 3. The predicted molar refractivity (Wildman–Crippen MR) is 106 cm³/mol. The standard InChI is InChI=1S/C21H25F3N4O/c22-21(23,24)17-5-3-6-18(15-17)28-13-11-27(12-14-28)10-4-9-26-20(16-29)19-7-1-2-8-25-19/h1-3,5-8,15-16,20,26H,4,9-14H2. The van der Waals surface area contributed by atoms with Crippen molar-refractivity contribution in [2.75, 3.05) is 44.2 Å². The molecule has 5 nitrogen and oxygen atoms in total. The van der Waals surface area contributed by atoms with Gasteiger partial charge in [0.25, 0.3) is 0 Å². The molecule has 0 bridgehead atoms. The Kier molecular flexibility index (Phi) is 7.22. The first-order valence-corrected chi connectivity index (χ1v) is 9.71. The third-order valence-electron chi connectivity index (χ3n) is 5.07. The Morgan fingerprint density at radius 2 is 1.90 bits per heavy atom. The third-order valence-corrected chi connectivity index (χ3v) is 5.07. The van der Waals surface area contributed by atoms with Gasteiger partial charge in [-0.05, 0) is 49.8 Å². The fourth-order valence-corrected chi connectivity index (χ4v) is 3.45. The second-order valence-electron chi connectivity index (χ2n) is 7.05. The molecule has 0 saturated carbocycles. The quantitative estimate of drug-likeness (QED) is 0.539. The van der Waals surface area contributed by atoms with E-state index in [1.165, 1.54) is 12.1 Å². The van der Waals surface area contributed by atoms with Crippen LogP contribution in [-0.4, -0.2) is 55.4 Å². The maximum atomic E-state index is 12.9. The second-order valence-corrected chi connectivity index (χ2v) is 7.05. The van der Waals surface area contributed by atoms with E-state index < -0.39 is 17.8 Å². The van der Waals surface area contributed by atoms with Crippen LogP contribution in [0.5, 0.6) is 0 Å². The van der Waals surface area contributed by atoms with Gasteiger partial charge in [-0.25, -0.2) is 0 Å². The number of nitrogens with one attached hydrogen (secondary N) is 1. The van der Waals surface area contributed by atoms with Crippen molar-refractivity contribution in [3.63, 3.8) is 0 Å². The Balaban J connectivity index is 1.41. The number of rotatable bonds is 8. The summed E-state index contributed by atoms with van der Waals surface area (Å²) in [5, 5.41) is 3.21. The van der Waals surface area contributed by atoms with E-state index in [0.29, 0.717) is 31.0 Å². The molecular formula is C21H25F3N4O. The molecule has 0 spiro atoms. The largest absolute Gasteiger partial charge is 0.416 e. The molecule has 1 N–H and O–H groups in total. The monoisotopic (exact) mass is 406 g/mol. The number of pyridine rings is 1. The van der Waals surface area contributed by atoms with Crippen LogP contribution in [0.4, 0.5) is 18.9 Å². The van der Waals surface area contributed by atoms with Crippen LogP contribution in [-0.2, 0) is 11.0 Å². The minimum atomic E-state index is -4.32. The van der Waals surface area contributed by atoms with Crippen molar-refractivity contribution in [3.8, 4) is 0 Å². The van der Waals surface area contributed by atoms with Gasteiger partial charge in [-0.1, -0.05) is 12.1 Å². The number of carbonyl (C=O) groups excluding carboxylic acids is 1. The summed E-state index contributed by atoms with van der Waals surface area (Å²) in [6.45, 7) is 4.55. The summed E-state index contributed by atoms with van der Waals surface area (Å²) >= 11 is 0. The molecule has 1 aliphatic heterocycles. The van der Waals surface area contributed by atoms with Gasteiger partial charge in [0.05, 0.1) is 11.3 Å². The Labute approximate surface area is 168 Å². The van der Waals surface area contributed by atoms with Crippen LogP contribution < -0.4 is 10.2 Å². The molecule has 1 atom stereocenters. The maximum Gasteiger partial charge on any atom is 0.416 e. The van der Waals surface area contributed by atoms with E-state index >= 15 is 0 Å². The van der Waals surface area contributed by atoms with Gasteiger partial charge in [0, 0.05) is 38.1 Å². The van der Waals surface area contributed by atoms with Crippen LogP contribution in [0, 0.1) is 0 Å². The zero-order chi connectivity index (χ0) is 20.7. The number of hydrogen-bond donors (Lipinski definition) is 1. The van der Waals surface area contributed by atoms with Crippen molar-refractivity contribution < 1.29 is 18.0 Å². The maximum absolute atomic E-state index is 12.9. The minimum absolute atomic E-state index is 0.408. The van der Waals surface area contributed by atoms with E-state index in [4.69, 9.17) is 0 Å². The van der Waals surface area contributed by atoms with Gasteiger partial charge in [0.15, 0.2) is 0 Å². The number of piperazine rings is 1. The number of alkyl halides is 3. The zero-order valence-electron chi connectivity index (χ0n) is 16.1. The number of hydrogen-bond acceptors (Lipinski definition) is 5. The molecule has 8 heteroatoms. The van der Waals surface area contributed by atoms with Crippen molar-refractivity contribution in [3.05, 3.63) is 59.9 Å². The lowest BCUT2D eigenvalue weighted by Gasteiger charge is -2.36. The van der Waals surface area contributed by atoms with Crippen LogP contribution in [0.25, 0.3) is 0 Å². The van der Waals surface area contributed by atoms with Crippen molar-refractivity contribution in [2.24, 2.45) is 0 Å². The second kappa shape index (κ2) is 9.84. The summed E-state index contributed by atoms with van der Waals surface area (Å²) in [5.74, 6) is 0. The topological polar surface area (TPSA) is 48.5 Å². The van der Waals surface area contributed by atoms with Crippen LogP contribution in [0.15, 0.2) is 48.7 Å². The predicted octanol–water partition coefficient (Wildman–Crippen LogP) is 3.14. The molecule has 1 unspecified atom stereocenters. The number of aldehydes is 1. The number of aromatic nitrogens is 1. The molecule has 1 aromatic carbocycles. The van der Waals surface area contributed by atoms with Crippen molar-refractivity contribution in [1.82, 2.24) is 15.2 Å². The van der Waals surface area contributed by atoms with Gasteiger partial charge in [-0.15, -0.1) is 0 Å². The van der Waals surface area contributed by atoms with E-state index in [-0.39, 0.29) is 0 Å². The number of benzene rings is 1. The lowest BCUT2D eigenvalue weighted by Crippen LogP contribution is -2.47. The van der Waals surface area contributed by atoms with Crippen molar-refractivity contribution >= 4 is 12.0 Å². The SMILES string of the molecule is O=CC(NCCCN1CCN(c2cccc(C(F)(F)F)c2)CC1)c1ccccn1. The molecule has 1 saturated heterocycles. The van der Waals surface area contributed by atoms with E-state index in [0.717, 1.165) is 38.4 Å². The van der Waals surface area contributed by atoms with E-state index in [1.54, 1.807) is 12.3 Å². The Morgan fingerprint density at radius 3 is 2.55 bits per heavy atom. The smallest absolute Gasteiger partial charge is 0.369 e. The van der Waals surface area contributed by atoms with Gasteiger partial charge in [-0.3, -0.25) is 9.88 Å². The normalized spacial score (nSPS) is 16.6. The van der Waals surface area contributed by atoms with Gasteiger partial charge in [0.2, 0.25) is 0 Å². The fraction of sp³-hybridized carbons (Fsp3) is 0.429. The molecule has 2 aromatic rings. The summed E-state index contributed by atoms with van der Waals surface area (Å²) in [6, 6.07) is 10.6. The van der Waals surface area contributed by atoms with E-state index in [2.05, 4.69) is 15.2 Å². The molecule has 2 heterocycles. The lowest BCUT2D eigenvalue weighted by molar-refractivity contribution is -0.137. The summed E-state index contributed by atoms with van der Waals surface area (Å²) in [5.41, 5.74) is 0.712. The Hall–Kier alpha value is -2.45. The zero-order valence-corrected chi connectivity index (χ0v) is 16.1. The molecule has 1 aliphatic rings. The van der Waals surface area contributed by atoms with E-state index in [9.17, 15) is 18.0 Å². The first kappa shape index (κ1) is 21.3. The molecule has 3 rings (SSSR count). The minimum Gasteiger partial charge on any atom is -0.369 e. The van der Waals surface area contributed by atoms with Crippen LogP contribution >= 0.6 is 0 Å². The first-order valence-electron chi connectivity index (χ1n) is 9.71. The van der Waals surface area contributed by atoms with Gasteiger partial charge in [-0.2, -0.15) is 13.2 Å². The van der Waals surface area contributed by atoms with E-state index in [1.807, 2.05) is 23.1 Å². The van der Waals surface area contributed by atoms with Crippen LogP contribution in [0.2, 0.25) is 0 Å². The summed E-state index contributed by atoms with van der Waals surface area (Å²) in [4.78, 5) is 19.8. The average molecular weight is 406 g/mol. The Bertz CT molecular complexity index is 777. The van der Waals surface area contributed by atoms with Crippen molar-refractivity contribution in [2.45, 2.75) is 18.6 Å². The van der Waals surface area contributed by atoms with Crippen LogP contribution in [0.1, 0.15) is 23.7 Å². The molecule has 0 aliphatic carbocycles. The van der Waals surface area contributed by atoms with Crippen LogP contribution in [0.3, 0.4) is 0 Å².